The number of hydrogen-bond donors (Lipinski definition) is 2. The monoisotopic (exact) mass is 198 g/mol. The van der Waals surface area contributed by atoms with E-state index in [1.165, 1.54) is 32.5 Å². The van der Waals surface area contributed by atoms with E-state index in [2.05, 4.69) is 17.6 Å². The topological polar surface area (TPSA) is 33.3 Å². The first-order valence-electron chi connectivity index (χ1n) is 5.76. The van der Waals surface area contributed by atoms with E-state index in [0.717, 1.165) is 11.8 Å². The summed E-state index contributed by atoms with van der Waals surface area (Å²) >= 11 is 0. The van der Waals surface area contributed by atoms with Crippen molar-refractivity contribution in [1.29, 1.82) is 0 Å². The maximum Gasteiger partial charge on any atom is 0.0601 e. The quantitative estimate of drug-likeness (QED) is 0.694. The standard InChI is InChI=1S/C11H22N2O/c1-8-5-12-6-9(8)7-13-10-3-11(4-10)14-2/h8-13H,3-7H2,1-2H3. The molecule has 2 atom stereocenters. The molecule has 0 amide bonds. The van der Waals surface area contributed by atoms with Gasteiger partial charge in [0.25, 0.3) is 0 Å². The molecule has 2 aliphatic rings. The molecule has 0 spiro atoms. The first-order valence-corrected chi connectivity index (χ1v) is 5.76. The van der Waals surface area contributed by atoms with Gasteiger partial charge in [-0.1, -0.05) is 6.92 Å². The Bertz CT molecular complexity index is 180. The second kappa shape index (κ2) is 4.60. The van der Waals surface area contributed by atoms with Crippen molar-refractivity contribution in [1.82, 2.24) is 10.6 Å². The van der Waals surface area contributed by atoms with Gasteiger partial charge in [-0.15, -0.1) is 0 Å². The van der Waals surface area contributed by atoms with E-state index >= 15 is 0 Å². The summed E-state index contributed by atoms with van der Waals surface area (Å²) in [6, 6.07) is 0.716. The molecular weight excluding hydrogens is 176 g/mol. The van der Waals surface area contributed by atoms with Gasteiger partial charge in [0.15, 0.2) is 0 Å². The zero-order chi connectivity index (χ0) is 9.97. The highest BCUT2D eigenvalue weighted by atomic mass is 16.5. The highest BCUT2D eigenvalue weighted by molar-refractivity contribution is 4.88. The molecule has 2 fully saturated rings. The summed E-state index contributed by atoms with van der Waals surface area (Å²) in [6.45, 7) is 5.90. The molecule has 14 heavy (non-hydrogen) atoms. The van der Waals surface area contributed by atoms with Gasteiger partial charge in [-0.25, -0.2) is 0 Å². The second-order valence-electron chi connectivity index (χ2n) is 4.83. The molecule has 0 radical (unpaired) electrons. The van der Waals surface area contributed by atoms with Crippen molar-refractivity contribution in [3.63, 3.8) is 0 Å². The highest BCUT2D eigenvalue weighted by Crippen LogP contribution is 2.23. The van der Waals surface area contributed by atoms with E-state index in [1.807, 2.05) is 7.11 Å². The van der Waals surface area contributed by atoms with Crippen molar-refractivity contribution in [2.24, 2.45) is 11.8 Å². The molecule has 2 rings (SSSR count). The lowest BCUT2D eigenvalue weighted by Gasteiger charge is -2.35. The lowest BCUT2D eigenvalue weighted by Crippen LogP contribution is -2.47. The van der Waals surface area contributed by atoms with Crippen LogP contribution in [-0.2, 0) is 4.74 Å². The molecule has 1 saturated carbocycles. The van der Waals surface area contributed by atoms with Crippen molar-refractivity contribution in [2.45, 2.75) is 31.9 Å². The van der Waals surface area contributed by atoms with Gasteiger partial charge in [0, 0.05) is 13.2 Å². The first-order chi connectivity index (χ1) is 6.79. The lowest BCUT2D eigenvalue weighted by atomic mass is 9.88. The zero-order valence-electron chi connectivity index (χ0n) is 9.25. The molecule has 0 bridgehead atoms. The van der Waals surface area contributed by atoms with Crippen LogP contribution in [0, 0.1) is 11.8 Å². The Morgan fingerprint density at radius 2 is 2.14 bits per heavy atom. The third-order valence-electron chi connectivity index (χ3n) is 3.77. The summed E-state index contributed by atoms with van der Waals surface area (Å²) in [5, 5.41) is 7.07. The van der Waals surface area contributed by atoms with Crippen molar-refractivity contribution in [3.8, 4) is 0 Å². The molecule has 0 aromatic heterocycles. The predicted octanol–water partition coefficient (Wildman–Crippen LogP) is 0.609. The zero-order valence-corrected chi connectivity index (χ0v) is 9.25. The summed E-state index contributed by atoms with van der Waals surface area (Å²) in [5.74, 6) is 1.66. The van der Waals surface area contributed by atoms with Crippen molar-refractivity contribution in [2.75, 3.05) is 26.7 Å². The summed E-state index contributed by atoms with van der Waals surface area (Å²) in [6.07, 6.45) is 2.92. The Labute approximate surface area is 86.6 Å². The van der Waals surface area contributed by atoms with Crippen LogP contribution in [0.25, 0.3) is 0 Å². The maximum atomic E-state index is 5.26. The SMILES string of the molecule is COC1CC(NCC2CNCC2C)C1. The maximum absolute atomic E-state index is 5.26. The largest absolute Gasteiger partial charge is 0.381 e. The third kappa shape index (κ3) is 2.27. The predicted molar refractivity (Wildman–Crippen MR) is 57.3 cm³/mol. The Hall–Kier alpha value is -0.120. The van der Waals surface area contributed by atoms with E-state index in [9.17, 15) is 0 Å². The van der Waals surface area contributed by atoms with Crippen LogP contribution < -0.4 is 10.6 Å². The second-order valence-corrected chi connectivity index (χ2v) is 4.83. The molecule has 0 aromatic rings. The molecule has 2 N–H and O–H groups in total. The van der Waals surface area contributed by atoms with E-state index in [1.54, 1.807) is 0 Å². The van der Waals surface area contributed by atoms with E-state index < -0.39 is 0 Å². The third-order valence-corrected chi connectivity index (χ3v) is 3.77. The van der Waals surface area contributed by atoms with Gasteiger partial charge in [0.1, 0.15) is 0 Å². The average Bonchev–Trinajstić information content (AvgIpc) is 2.49. The fourth-order valence-corrected chi connectivity index (χ4v) is 2.38. The highest BCUT2D eigenvalue weighted by Gasteiger charge is 2.30. The van der Waals surface area contributed by atoms with Crippen LogP contribution in [0.2, 0.25) is 0 Å². The van der Waals surface area contributed by atoms with Gasteiger partial charge in [-0.3, -0.25) is 0 Å². The van der Waals surface area contributed by atoms with Crippen LogP contribution >= 0.6 is 0 Å². The van der Waals surface area contributed by atoms with Gasteiger partial charge in [-0.05, 0) is 44.3 Å². The number of rotatable bonds is 4. The normalized spacial score (nSPS) is 42.4. The fourth-order valence-electron chi connectivity index (χ4n) is 2.38. The smallest absolute Gasteiger partial charge is 0.0601 e. The van der Waals surface area contributed by atoms with Crippen LogP contribution in [0.4, 0.5) is 0 Å². The van der Waals surface area contributed by atoms with Crippen LogP contribution in [0.3, 0.4) is 0 Å². The first kappa shape index (κ1) is 10.4. The van der Waals surface area contributed by atoms with Gasteiger partial charge in [0.2, 0.25) is 0 Å². The number of methoxy groups -OCH3 is 1. The van der Waals surface area contributed by atoms with Crippen LogP contribution in [-0.4, -0.2) is 38.9 Å². The minimum atomic E-state index is 0.520. The number of ether oxygens (including phenoxy) is 1. The van der Waals surface area contributed by atoms with Crippen LogP contribution in [0.15, 0.2) is 0 Å². The lowest BCUT2D eigenvalue weighted by molar-refractivity contribution is 0.0163. The Morgan fingerprint density at radius 1 is 1.36 bits per heavy atom. The molecule has 0 aromatic carbocycles. The summed E-state index contributed by atoms with van der Waals surface area (Å²) < 4.78 is 5.26. The van der Waals surface area contributed by atoms with Gasteiger partial charge in [-0.2, -0.15) is 0 Å². The Kier molecular flexibility index (Phi) is 3.42. The molecular formula is C11H22N2O. The van der Waals surface area contributed by atoms with Crippen molar-refractivity contribution >= 4 is 0 Å². The number of nitrogens with one attached hydrogen (secondary N) is 2. The molecule has 3 nitrogen and oxygen atoms in total. The van der Waals surface area contributed by atoms with Gasteiger partial charge < -0.3 is 15.4 Å². The average molecular weight is 198 g/mol. The summed E-state index contributed by atoms with van der Waals surface area (Å²) in [5.41, 5.74) is 0. The molecule has 1 aliphatic carbocycles. The molecule has 1 saturated heterocycles. The van der Waals surface area contributed by atoms with Crippen LogP contribution in [0.1, 0.15) is 19.8 Å². The molecule has 2 unspecified atom stereocenters. The van der Waals surface area contributed by atoms with Gasteiger partial charge >= 0.3 is 0 Å². The van der Waals surface area contributed by atoms with E-state index in [0.29, 0.717) is 12.1 Å². The molecule has 82 valence electrons. The fraction of sp³-hybridized carbons (Fsp3) is 1.00. The Balaban J connectivity index is 1.59. The summed E-state index contributed by atoms with van der Waals surface area (Å²) in [7, 11) is 1.81. The minimum Gasteiger partial charge on any atom is -0.381 e. The van der Waals surface area contributed by atoms with E-state index in [-0.39, 0.29) is 0 Å². The molecule has 3 heteroatoms. The minimum absolute atomic E-state index is 0.520. The van der Waals surface area contributed by atoms with Crippen LogP contribution in [0.5, 0.6) is 0 Å². The number of hydrogen-bond acceptors (Lipinski definition) is 3. The van der Waals surface area contributed by atoms with Crippen molar-refractivity contribution in [3.05, 3.63) is 0 Å². The van der Waals surface area contributed by atoms with Crippen molar-refractivity contribution < 1.29 is 4.74 Å². The molecule has 1 aliphatic heterocycles. The Morgan fingerprint density at radius 3 is 2.71 bits per heavy atom. The summed E-state index contributed by atoms with van der Waals surface area (Å²) in [4.78, 5) is 0. The molecule has 1 heterocycles. The van der Waals surface area contributed by atoms with E-state index in [4.69, 9.17) is 4.74 Å². The van der Waals surface area contributed by atoms with Gasteiger partial charge in [0.05, 0.1) is 6.10 Å².